The molecule has 0 bridgehead atoms. The van der Waals surface area contributed by atoms with Gasteiger partial charge < -0.3 is 5.32 Å². The summed E-state index contributed by atoms with van der Waals surface area (Å²) in [6, 6.07) is 18.7. The largest absolute Gasteiger partial charge is 0.344 e. The maximum Gasteiger partial charge on any atom is 0.261 e. The zero-order chi connectivity index (χ0) is 21.1. The van der Waals surface area contributed by atoms with Crippen LogP contribution in [0.4, 0.5) is 0 Å². The second-order valence-electron chi connectivity index (χ2n) is 7.34. The molecule has 2 aromatic carbocycles. The number of thiophene rings is 1. The first-order chi connectivity index (χ1) is 14.5. The molecule has 2 heterocycles. The van der Waals surface area contributed by atoms with Gasteiger partial charge in [0.15, 0.2) is 0 Å². The Bertz CT molecular complexity index is 1040. The Hall–Kier alpha value is -3.25. The summed E-state index contributed by atoms with van der Waals surface area (Å²) in [5.41, 5.74) is 3.06. The zero-order valence-electron chi connectivity index (χ0n) is 16.6. The van der Waals surface area contributed by atoms with Gasteiger partial charge in [-0.05, 0) is 42.5 Å². The van der Waals surface area contributed by atoms with Gasteiger partial charge >= 0.3 is 0 Å². The van der Waals surface area contributed by atoms with Crippen LogP contribution in [-0.2, 0) is 4.79 Å². The number of carbonyl (C=O) groups excluding carboxylic acids is 3. The first-order valence-corrected chi connectivity index (χ1v) is 10.8. The molecule has 1 aliphatic rings. The summed E-state index contributed by atoms with van der Waals surface area (Å²) >= 11 is 1.60. The van der Waals surface area contributed by atoms with E-state index in [4.69, 9.17) is 0 Å². The Labute approximate surface area is 179 Å². The van der Waals surface area contributed by atoms with Crippen molar-refractivity contribution in [2.24, 2.45) is 0 Å². The molecular formula is C24H22N2O3S. The lowest BCUT2D eigenvalue weighted by molar-refractivity contribution is -0.121. The minimum Gasteiger partial charge on any atom is -0.344 e. The van der Waals surface area contributed by atoms with Gasteiger partial charge in [-0.1, -0.05) is 48.0 Å². The van der Waals surface area contributed by atoms with Gasteiger partial charge in [0.2, 0.25) is 5.91 Å². The molecule has 6 heteroatoms. The van der Waals surface area contributed by atoms with Gasteiger partial charge in [0, 0.05) is 17.8 Å². The molecule has 1 aliphatic heterocycles. The average Bonchev–Trinajstić information content (AvgIpc) is 3.36. The highest BCUT2D eigenvalue weighted by Crippen LogP contribution is 2.27. The SMILES string of the molecule is Cc1ccc([C@H](NC(=O)CCCN2C(=O)c3ccccc3C2=O)c2cccs2)cc1. The molecular weight excluding hydrogens is 396 g/mol. The maximum atomic E-state index is 12.6. The number of hydrogen-bond donors (Lipinski definition) is 1. The lowest BCUT2D eigenvalue weighted by Gasteiger charge is -2.19. The highest BCUT2D eigenvalue weighted by Gasteiger charge is 2.34. The van der Waals surface area contributed by atoms with Crippen LogP contribution in [0.3, 0.4) is 0 Å². The third-order valence-corrected chi connectivity index (χ3v) is 6.14. The summed E-state index contributed by atoms with van der Waals surface area (Å²) in [6.45, 7) is 2.26. The minimum absolute atomic E-state index is 0.106. The van der Waals surface area contributed by atoms with Crippen LogP contribution >= 0.6 is 11.3 Å². The molecule has 3 amide bonds. The van der Waals surface area contributed by atoms with Crippen LogP contribution in [0, 0.1) is 6.92 Å². The van der Waals surface area contributed by atoms with Crippen LogP contribution in [-0.4, -0.2) is 29.2 Å². The molecule has 0 unspecified atom stereocenters. The minimum atomic E-state index is -0.285. The van der Waals surface area contributed by atoms with Gasteiger partial charge in [-0.2, -0.15) is 0 Å². The standard InChI is InChI=1S/C24H22N2O3S/c1-16-10-12-17(13-11-16)22(20-8-5-15-30-20)25-21(27)9-4-14-26-23(28)18-6-2-3-7-19(18)24(26)29/h2-3,5-8,10-13,15,22H,4,9,14H2,1H3,(H,25,27)/t22-/m0/s1. The van der Waals surface area contributed by atoms with Crippen LogP contribution in [0.15, 0.2) is 66.0 Å². The van der Waals surface area contributed by atoms with Gasteiger partial charge in [-0.25, -0.2) is 0 Å². The van der Waals surface area contributed by atoms with E-state index >= 15 is 0 Å². The fourth-order valence-corrected chi connectivity index (χ4v) is 4.41. The lowest BCUT2D eigenvalue weighted by Crippen LogP contribution is -2.33. The van der Waals surface area contributed by atoms with Crippen LogP contribution in [0.2, 0.25) is 0 Å². The summed E-state index contributed by atoms with van der Waals surface area (Å²) in [5, 5.41) is 5.09. The highest BCUT2D eigenvalue weighted by atomic mass is 32.1. The van der Waals surface area contributed by atoms with E-state index in [1.54, 1.807) is 35.6 Å². The predicted molar refractivity (Wildman–Crippen MR) is 117 cm³/mol. The molecule has 0 aliphatic carbocycles. The van der Waals surface area contributed by atoms with Gasteiger partial charge in [-0.15, -0.1) is 11.3 Å². The van der Waals surface area contributed by atoms with Crippen molar-refractivity contribution < 1.29 is 14.4 Å². The topological polar surface area (TPSA) is 66.5 Å². The molecule has 0 saturated carbocycles. The number of amides is 3. The number of rotatable bonds is 7. The quantitative estimate of drug-likeness (QED) is 0.581. The molecule has 152 valence electrons. The van der Waals surface area contributed by atoms with E-state index in [0.29, 0.717) is 17.5 Å². The van der Waals surface area contributed by atoms with Gasteiger partial charge in [-0.3, -0.25) is 19.3 Å². The van der Waals surface area contributed by atoms with E-state index in [0.717, 1.165) is 16.0 Å². The number of fused-ring (bicyclic) bond motifs is 1. The van der Waals surface area contributed by atoms with E-state index in [1.807, 2.05) is 48.7 Å². The van der Waals surface area contributed by atoms with Crippen molar-refractivity contribution in [1.82, 2.24) is 10.2 Å². The average molecular weight is 419 g/mol. The monoisotopic (exact) mass is 418 g/mol. The van der Waals surface area contributed by atoms with Gasteiger partial charge in [0.25, 0.3) is 11.8 Å². The molecule has 1 aromatic heterocycles. The van der Waals surface area contributed by atoms with Crippen molar-refractivity contribution in [3.05, 3.63) is 93.2 Å². The molecule has 30 heavy (non-hydrogen) atoms. The van der Waals surface area contributed by atoms with Crippen molar-refractivity contribution >= 4 is 29.1 Å². The van der Waals surface area contributed by atoms with Crippen LogP contribution in [0.25, 0.3) is 0 Å². The van der Waals surface area contributed by atoms with E-state index in [-0.39, 0.29) is 36.7 Å². The summed E-state index contributed by atoms with van der Waals surface area (Å²) in [4.78, 5) is 39.8. The van der Waals surface area contributed by atoms with Crippen molar-refractivity contribution in [2.45, 2.75) is 25.8 Å². The first kappa shape index (κ1) is 20.0. The van der Waals surface area contributed by atoms with Gasteiger partial charge in [0.05, 0.1) is 17.2 Å². The van der Waals surface area contributed by atoms with Crippen LogP contribution in [0.5, 0.6) is 0 Å². The summed E-state index contributed by atoms with van der Waals surface area (Å²) in [7, 11) is 0. The number of imide groups is 1. The van der Waals surface area contributed by atoms with E-state index in [1.165, 1.54) is 4.90 Å². The molecule has 0 saturated heterocycles. The summed E-state index contributed by atoms with van der Waals surface area (Å²) in [6.07, 6.45) is 0.656. The molecule has 1 N–H and O–H groups in total. The fraction of sp³-hybridized carbons (Fsp3) is 0.208. The summed E-state index contributed by atoms with van der Waals surface area (Å²) < 4.78 is 0. The van der Waals surface area contributed by atoms with Crippen molar-refractivity contribution in [3.63, 3.8) is 0 Å². The molecule has 1 atom stereocenters. The van der Waals surface area contributed by atoms with E-state index in [9.17, 15) is 14.4 Å². The van der Waals surface area contributed by atoms with Crippen LogP contribution in [0.1, 0.15) is 55.6 Å². The van der Waals surface area contributed by atoms with Gasteiger partial charge in [0.1, 0.15) is 0 Å². The third-order valence-electron chi connectivity index (χ3n) is 5.21. The zero-order valence-corrected chi connectivity index (χ0v) is 17.4. The Balaban J connectivity index is 1.37. The Kier molecular flexibility index (Phi) is 5.77. The molecule has 0 spiro atoms. The molecule has 4 rings (SSSR count). The predicted octanol–water partition coefficient (Wildman–Crippen LogP) is 4.34. The second-order valence-corrected chi connectivity index (χ2v) is 8.32. The smallest absolute Gasteiger partial charge is 0.261 e. The number of aryl methyl sites for hydroxylation is 1. The third kappa shape index (κ3) is 4.04. The fourth-order valence-electron chi connectivity index (χ4n) is 3.61. The number of nitrogens with one attached hydrogen (secondary N) is 1. The maximum absolute atomic E-state index is 12.6. The Morgan fingerprint density at radius 3 is 2.23 bits per heavy atom. The highest BCUT2D eigenvalue weighted by molar-refractivity contribution is 7.10. The van der Waals surface area contributed by atoms with E-state index in [2.05, 4.69) is 5.32 Å². The van der Waals surface area contributed by atoms with Crippen molar-refractivity contribution in [3.8, 4) is 0 Å². The number of hydrogen-bond acceptors (Lipinski definition) is 4. The van der Waals surface area contributed by atoms with Crippen molar-refractivity contribution in [1.29, 1.82) is 0 Å². The number of carbonyl (C=O) groups is 3. The first-order valence-electron chi connectivity index (χ1n) is 9.89. The Morgan fingerprint density at radius 2 is 1.63 bits per heavy atom. The lowest BCUT2D eigenvalue weighted by atomic mass is 10.0. The summed E-state index contributed by atoms with van der Waals surface area (Å²) in [5.74, 6) is -0.676. The molecule has 0 fully saturated rings. The number of benzene rings is 2. The number of nitrogens with zero attached hydrogens (tertiary/aromatic N) is 1. The van der Waals surface area contributed by atoms with Crippen molar-refractivity contribution in [2.75, 3.05) is 6.54 Å². The van der Waals surface area contributed by atoms with E-state index < -0.39 is 0 Å². The normalized spacial score (nSPS) is 14.0. The second kappa shape index (κ2) is 8.63. The Morgan fingerprint density at radius 1 is 0.967 bits per heavy atom. The molecule has 5 nitrogen and oxygen atoms in total. The molecule has 3 aromatic rings. The molecule has 0 radical (unpaired) electrons. The van der Waals surface area contributed by atoms with Crippen LogP contribution < -0.4 is 5.32 Å².